The fourth-order valence-corrected chi connectivity index (χ4v) is 1.99. The highest BCUT2D eigenvalue weighted by Gasteiger charge is 2.06. The molecule has 0 aliphatic carbocycles. The third-order valence-corrected chi connectivity index (χ3v) is 2.68. The van der Waals surface area contributed by atoms with Gasteiger partial charge in [-0.3, -0.25) is 9.59 Å². The number of aromatic amines is 1. The summed E-state index contributed by atoms with van der Waals surface area (Å²) in [5.74, 6) is 0.0308. The van der Waals surface area contributed by atoms with E-state index in [0.29, 0.717) is 10.9 Å². The number of benzene rings is 1. The molecule has 88 valence electrons. The molecule has 0 saturated carbocycles. The van der Waals surface area contributed by atoms with Crippen LogP contribution in [0.2, 0.25) is 0 Å². The maximum absolute atomic E-state index is 12.0. The van der Waals surface area contributed by atoms with Gasteiger partial charge in [-0.15, -0.1) is 0 Å². The minimum absolute atomic E-state index is 0.0308. The number of nitrogens with one attached hydrogen (secondary N) is 1. The average molecular weight is 231 g/mol. The van der Waals surface area contributed by atoms with Gasteiger partial charge in [-0.25, -0.2) is 0 Å². The van der Waals surface area contributed by atoms with E-state index < -0.39 is 5.56 Å². The third kappa shape index (κ3) is 1.93. The number of fused-ring (bicyclic) bond motifs is 1. The average Bonchev–Trinajstić information content (AvgIpc) is 2.35. The van der Waals surface area contributed by atoms with E-state index in [0.717, 1.165) is 11.1 Å². The molecule has 1 aromatic heterocycles. The van der Waals surface area contributed by atoms with Crippen molar-refractivity contribution >= 4 is 10.9 Å². The van der Waals surface area contributed by atoms with E-state index in [4.69, 9.17) is 4.74 Å². The van der Waals surface area contributed by atoms with Gasteiger partial charge in [0.25, 0.3) is 5.56 Å². The van der Waals surface area contributed by atoms with Crippen LogP contribution in [-0.2, 0) is 0 Å². The zero-order valence-corrected chi connectivity index (χ0v) is 9.96. The molecule has 0 fully saturated rings. The summed E-state index contributed by atoms with van der Waals surface area (Å²) in [5, 5.41) is 0.524. The second kappa shape index (κ2) is 4.05. The van der Waals surface area contributed by atoms with Crippen LogP contribution < -0.4 is 15.7 Å². The van der Waals surface area contributed by atoms with Gasteiger partial charge in [-0.1, -0.05) is 6.07 Å². The normalized spacial score (nSPS) is 10.5. The minimum Gasteiger partial charge on any atom is -0.491 e. The van der Waals surface area contributed by atoms with E-state index in [1.54, 1.807) is 6.07 Å². The van der Waals surface area contributed by atoms with E-state index in [-0.39, 0.29) is 11.2 Å². The summed E-state index contributed by atoms with van der Waals surface area (Å²) >= 11 is 0. The van der Waals surface area contributed by atoms with E-state index in [2.05, 4.69) is 4.98 Å². The van der Waals surface area contributed by atoms with Gasteiger partial charge in [0.15, 0.2) is 11.2 Å². The maximum atomic E-state index is 12.0. The lowest BCUT2D eigenvalue weighted by atomic mass is 10.1. The molecule has 0 saturated heterocycles. The van der Waals surface area contributed by atoms with Crippen molar-refractivity contribution in [3.05, 3.63) is 49.9 Å². The zero-order valence-electron chi connectivity index (χ0n) is 9.96. The Hall–Kier alpha value is -2.10. The Bertz CT molecular complexity index is 701. The van der Waals surface area contributed by atoms with Gasteiger partial charge < -0.3 is 9.72 Å². The van der Waals surface area contributed by atoms with E-state index in [1.165, 1.54) is 13.2 Å². The highest BCUT2D eigenvalue weighted by atomic mass is 16.5. The van der Waals surface area contributed by atoms with Crippen molar-refractivity contribution in [1.29, 1.82) is 0 Å². The summed E-state index contributed by atoms with van der Waals surface area (Å²) in [5.41, 5.74) is 1.77. The third-order valence-electron chi connectivity index (χ3n) is 2.68. The number of hydrogen-bond donors (Lipinski definition) is 1. The number of aromatic nitrogens is 1. The first-order valence-electron chi connectivity index (χ1n) is 5.25. The molecule has 1 heterocycles. The van der Waals surface area contributed by atoms with Crippen molar-refractivity contribution in [3.63, 3.8) is 0 Å². The van der Waals surface area contributed by atoms with Crippen LogP contribution in [0.15, 0.2) is 27.8 Å². The highest BCUT2D eigenvalue weighted by molar-refractivity contribution is 5.82. The first kappa shape index (κ1) is 11.4. The number of aryl methyl sites for hydroxylation is 2. The van der Waals surface area contributed by atoms with Gasteiger partial charge in [0.2, 0.25) is 0 Å². The summed E-state index contributed by atoms with van der Waals surface area (Å²) < 4.78 is 4.88. The topological polar surface area (TPSA) is 59.2 Å². The molecule has 0 atom stereocenters. The fraction of sp³-hybridized carbons (Fsp3) is 0.231. The second-order valence-electron chi connectivity index (χ2n) is 4.04. The Kier molecular flexibility index (Phi) is 2.71. The standard InChI is InChI=1S/C13H13NO3/c1-7-4-8(2)12-9(5-7)14-13(16)11(17-3)6-10(12)15/h4-6H,1-3H3,(H,14,16). The first-order chi connectivity index (χ1) is 8.02. The summed E-state index contributed by atoms with van der Waals surface area (Å²) in [7, 11) is 1.37. The Morgan fingerprint density at radius 1 is 1.12 bits per heavy atom. The molecule has 0 radical (unpaired) electrons. The van der Waals surface area contributed by atoms with Crippen LogP contribution in [0.1, 0.15) is 11.1 Å². The number of methoxy groups -OCH3 is 1. The molecule has 0 bridgehead atoms. The molecule has 4 heteroatoms. The van der Waals surface area contributed by atoms with Crippen molar-refractivity contribution in [2.45, 2.75) is 13.8 Å². The van der Waals surface area contributed by atoms with Gasteiger partial charge in [-0.05, 0) is 31.0 Å². The Balaban J connectivity index is 3.09. The summed E-state index contributed by atoms with van der Waals surface area (Å²) in [6, 6.07) is 4.92. The van der Waals surface area contributed by atoms with Crippen LogP contribution >= 0.6 is 0 Å². The van der Waals surface area contributed by atoms with Crippen molar-refractivity contribution in [1.82, 2.24) is 4.98 Å². The second-order valence-corrected chi connectivity index (χ2v) is 4.04. The molecule has 17 heavy (non-hydrogen) atoms. The van der Waals surface area contributed by atoms with Gasteiger partial charge in [-0.2, -0.15) is 0 Å². The quantitative estimate of drug-likeness (QED) is 0.809. The van der Waals surface area contributed by atoms with Gasteiger partial charge in [0.05, 0.1) is 12.6 Å². The maximum Gasteiger partial charge on any atom is 0.290 e. The Morgan fingerprint density at radius 3 is 2.47 bits per heavy atom. The molecule has 4 nitrogen and oxygen atoms in total. The number of ether oxygens (including phenoxy) is 1. The molecule has 0 unspecified atom stereocenters. The van der Waals surface area contributed by atoms with E-state index >= 15 is 0 Å². The molecule has 0 spiro atoms. The largest absolute Gasteiger partial charge is 0.491 e. The minimum atomic E-state index is -0.399. The van der Waals surface area contributed by atoms with Crippen molar-refractivity contribution in [2.24, 2.45) is 0 Å². The fourth-order valence-electron chi connectivity index (χ4n) is 1.99. The zero-order chi connectivity index (χ0) is 12.6. The monoisotopic (exact) mass is 231 g/mol. The number of H-pyrrole nitrogens is 1. The molecular formula is C13H13NO3. The molecule has 0 aliphatic heterocycles. The summed E-state index contributed by atoms with van der Waals surface area (Å²) in [6.45, 7) is 3.76. The van der Waals surface area contributed by atoms with Crippen LogP contribution in [0.25, 0.3) is 10.9 Å². The number of rotatable bonds is 1. The van der Waals surface area contributed by atoms with E-state index in [9.17, 15) is 9.59 Å². The predicted octanol–water partition coefficient (Wildman–Crippen LogP) is 1.51. The lowest BCUT2D eigenvalue weighted by molar-refractivity contribution is 0.409. The van der Waals surface area contributed by atoms with Gasteiger partial charge in [0, 0.05) is 11.5 Å². The lowest BCUT2D eigenvalue weighted by Crippen LogP contribution is -2.05. The first-order valence-corrected chi connectivity index (χ1v) is 5.25. The van der Waals surface area contributed by atoms with E-state index in [1.807, 2.05) is 19.9 Å². The summed E-state index contributed by atoms with van der Waals surface area (Å²) in [4.78, 5) is 26.4. The van der Waals surface area contributed by atoms with Crippen LogP contribution in [-0.4, -0.2) is 12.1 Å². The van der Waals surface area contributed by atoms with Crippen LogP contribution in [0.4, 0.5) is 0 Å². The van der Waals surface area contributed by atoms with Crippen molar-refractivity contribution in [2.75, 3.05) is 7.11 Å². The molecule has 0 aliphatic rings. The van der Waals surface area contributed by atoms with Gasteiger partial charge in [0.1, 0.15) is 0 Å². The van der Waals surface area contributed by atoms with Gasteiger partial charge >= 0.3 is 0 Å². The van der Waals surface area contributed by atoms with Crippen LogP contribution in [0.5, 0.6) is 5.75 Å². The van der Waals surface area contributed by atoms with Crippen molar-refractivity contribution < 1.29 is 4.74 Å². The predicted molar refractivity (Wildman–Crippen MR) is 66.9 cm³/mol. The molecule has 1 aromatic carbocycles. The molecular weight excluding hydrogens is 218 g/mol. The molecule has 0 amide bonds. The molecule has 2 rings (SSSR count). The molecule has 1 N–H and O–H groups in total. The summed E-state index contributed by atoms with van der Waals surface area (Å²) in [6.07, 6.45) is 0. The van der Waals surface area contributed by atoms with Crippen LogP contribution in [0, 0.1) is 13.8 Å². The molecule has 2 aromatic rings. The lowest BCUT2D eigenvalue weighted by Gasteiger charge is -1.99. The smallest absolute Gasteiger partial charge is 0.290 e. The van der Waals surface area contributed by atoms with Crippen molar-refractivity contribution in [3.8, 4) is 5.75 Å². The SMILES string of the molecule is COc1cc(=O)c2c(C)cc(C)cc2[nH]c1=O. The van der Waals surface area contributed by atoms with Crippen LogP contribution in [0.3, 0.4) is 0 Å². The highest BCUT2D eigenvalue weighted by Crippen LogP contribution is 2.14. The Morgan fingerprint density at radius 2 is 1.82 bits per heavy atom. The Labute approximate surface area is 97.9 Å². The number of hydrogen-bond acceptors (Lipinski definition) is 3.